The Hall–Kier alpha value is -0.570. The van der Waals surface area contributed by atoms with Crippen molar-refractivity contribution in [3.63, 3.8) is 0 Å². The van der Waals surface area contributed by atoms with Crippen LogP contribution in [0.4, 0.5) is 0 Å². The molecule has 1 heterocycles. The van der Waals surface area contributed by atoms with Gasteiger partial charge in [-0.3, -0.25) is 4.79 Å². The summed E-state index contributed by atoms with van der Waals surface area (Å²) >= 11 is 0. The van der Waals surface area contributed by atoms with Gasteiger partial charge in [0.1, 0.15) is 6.23 Å². The molecule has 0 saturated carbocycles. The SMILES string of the molecule is CN(C=O)C1CCCO1. The zero-order valence-electron chi connectivity index (χ0n) is 5.54. The third kappa shape index (κ3) is 1.42. The number of hydrogen-bond donors (Lipinski definition) is 0. The lowest BCUT2D eigenvalue weighted by molar-refractivity contribution is -0.126. The number of hydrogen-bond acceptors (Lipinski definition) is 2. The van der Waals surface area contributed by atoms with E-state index in [-0.39, 0.29) is 6.23 Å². The standard InChI is InChI=1S/C6H11NO2/c1-7(5-8)6-3-2-4-9-6/h5-6H,2-4H2,1H3. The smallest absolute Gasteiger partial charge is 0.211 e. The molecule has 0 spiro atoms. The Morgan fingerprint density at radius 2 is 2.56 bits per heavy atom. The highest BCUT2D eigenvalue weighted by Crippen LogP contribution is 2.12. The molecular formula is C6H11NO2. The second kappa shape index (κ2) is 2.82. The number of amides is 1. The van der Waals surface area contributed by atoms with Crippen LogP contribution in [0.2, 0.25) is 0 Å². The Bertz CT molecular complexity index is 99.2. The van der Waals surface area contributed by atoms with Crippen molar-refractivity contribution in [3.05, 3.63) is 0 Å². The maximum Gasteiger partial charge on any atom is 0.211 e. The lowest BCUT2D eigenvalue weighted by Crippen LogP contribution is -2.29. The van der Waals surface area contributed by atoms with E-state index in [2.05, 4.69) is 0 Å². The van der Waals surface area contributed by atoms with Crippen molar-refractivity contribution in [3.8, 4) is 0 Å². The highest BCUT2D eigenvalue weighted by atomic mass is 16.5. The van der Waals surface area contributed by atoms with E-state index in [1.165, 1.54) is 0 Å². The van der Waals surface area contributed by atoms with Crippen molar-refractivity contribution in [2.45, 2.75) is 19.1 Å². The molecular weight excluding hydrogens is 118 g/mol. The van der Waals surface area contributed by atoms with Gasteiger partial charge in [-0.15, -0.1) is 0 Å². The second-order valence-electron chi connectivity index (χ2n) is 2.24. The molecule has 0 aliphatic carbocycles. The summed E-state index contributed by atoms with van der Waals surface area (Å²) in [5, 5.41) is 0. The van der Waals surface area contributed by atoms with Crippen LogP contribution in [-0.4, -0.2) is 31.2 Å². The first-order valence-corrected chi connectivity index (χ1v) is 3.13. The van der Waals surface area contributed by atoms with Gasteiger partial charge < -0.3 is 9.64 Å². The number of rotatable bonds is 2. The van der Waals surface area contributed by atoms with E-state index in [0.717, 1.165) is 25.9 Å². The Morgan fingerprint density at radius 1 is 1.78 bits per heavy atom. The van der Waals surface area contributed by atoms with E-state index in [9.17, 15) is 4.79 Å². The first-order chi connectivity index (χ1) is 4.34. The van der Waals surface area contributed by atoms with Crippen LogP contribution in [0.15, 0.2) is 0 Å². The molecule has 0 aromatic carbocycles. The fourth-order valence-electron chi connectivity index (χ4n) is 0.950. The van der Waals surface area contributed by atoms with Gasteiger partial charge in [-0.25, -0.2) is 0 Å². The quantitative estimate of drug-likeness (QED) is 0.499. The first-order valence-electron chi connectivity index (χ1n) is 3.13. The molecule has 9 heavy (non-hydrogen) atoms. The third-order valence-electron chi connectivity index (χ3n) is 1.53. The van der Waals surface area contributed by atoms with Crippen LogP contribution < -0.4 is 0 Å². The van der Waals surface area contributed by atoms with E-state index >= 15 is 0 Å². The molecule has 0 aromatic rings. The van der Waals surface area contributed by atoms with Gasteiger partial charge >= 0.3 is 0 Å². The summed E-state index contributed by atoms with van der Waals surface area (Å²) in [5.41, 5.74) is 0. The number of carbonyl (C=O) groups is 1. The monoisotopic (exact) mass is 129 g/mol. The summed E-state index contributed by atoms with van der Waals surface area (Å²) in [7, 11) is 1.74. The molecule has 0 bridgehead atoms. The normalized spacial score (nSPS) is 26.1. The van der Waals surface area contributed by atoms with Crippen molar-refractivity contribution < 1.29 is 9.53 Å². The molecule has 0 aromatic heterocycles. The lowest BCUT2D eigenvalue weighted by Gasteiger charge is -2.17. The van der Waals surface area contributed by atoms with E-state index in [4.69, 9.17) is 4.74 Å². The minimum atomic E-state index is 0.0440. The van der Waals surface area contributed by atoms with Crippen LogP contribution in [0.3, 0.4) is 0 Å². The van der Waals surface area contributed by atoms with Crippen LogP contribution in [-0.2, 0) is 9.53 Å². The summed E-state index contributed by atoms with van der Waals surface area (Å²) in [4.78, 5) is 11.7. The van der Waals surface area contributed by atoms with Gasteiger partial charge in [0.25, 0.3) is 0 Å². The number of ether oxygens (including phenoxy) is 1. The van der Waals surface area contributed by atoms with Crippen molar-refractivity contribution >= 4 is 6.41 Å². The third-order valence-corrected chi connectivity index (χ3v) is 1.53. The van der Waals surface area contributed by atoms with Gasteiger partial charge in [-0.05, 0) is 12.8 Å². The minimum Gasteiger partial charge on any atom is -0.358 e. The predicted octanol–water partition coefficient (Wildman–Crippen LogP) is 0.211. The average molecular weight is 129 g/mol. The Kier molecular flexibility index (Phi) is 2.05. The van der Waals surface area contributed by atoms with Crippen LogP contribution in [0.1, 0.15) is 12.8 Å². The summed E-state index contributed by atoms with van der Waals surface area (Å²) < 4.78 is 5.20. The van der Waals surface area contributed by atoms with Crippen LogP contribution >= 0.6 is 0 Å². The molecule has 3 nitrogen and oxygen atoms in total. The van der Waals surface area contributed by atoms with Crippen molar-refractivity contribution in [1.82, 2.24) is 4.90 Å². The van der Waals surface area contributed by atoms with Crippen LogP contribution in [0, 0.1) is 0 Å². The highest BCUT2D eigenvalue weighted by Gasteiger charge is 2.18. The maximum absolute atomic E-state index is 10.1. The molecule has 1 aliphatic rings. The van der Waals surface area contributed by atoms with Gasteiger partial charge in [0.15, 0.2) is 0 Å². The van der Waals surface area contributed by atoms with Crippen LogP contribution in [0.25, 0.3) is 0 Å². The lowest BCUT2D eigenvalue weighted by atomic mass is 10.3. The molecule has 1 fully saturated rings. The molecule has 1 amide bonds. The molecule has 1 unspecified atom stereocenters. The van der Waals surface area contributed by atoms with E-state index in [1.54, 1.807) is 11.9 Å². The molecule has 0 N–H and O–H groups in total. The largest absolute Gasteiger partial charge is 0.358 e. The fraction of sp³-hybridized carbons (Fsp3) is 0.833. The van der Waals surface area contributed by atoms with Crippen molar-refractivity contribution in [2.75, 3.05) is 13.7 Å². The summed E-state index contributed by atoms with van der Waals surface area (Å²) in [6.07, 6.45) is 2.90. The van der Waals surface area contributed by atoms with Crippen molar-refractivity contribution in [2.24, 2.45) is 0 Å². The zero-order valence-corrected chi connectivity index (χ0v) is 5.54. The van der Waals surface area contributed by atoms with Gasteiger partial charge in [0.05, 0.1) is 0 Å². The Morgan fingerprint density at radius 3 is 3.00 bits per heavy atom. The number of nitrogens with zero attached hydrogens (tertiary/aromatic N) is 1. The van der Waals surface area contributed by atoms with Crippen LogP contribution in [0.5, 0.6) is 0 Å². The molecule has 1 aliphatic heterocycles. The Balaban J connectivity index is 2.32. The summed E-state index contributed by atoms with van der Waals surface area (Å²) in [6, 6.07) is 0. The van der Waals surface area contributed by atoms with E-state index in [1.807, 2.05) is 0 Å². The molecule has 52 valence electrons. The molecule has 0 radical (unpaired) electrons. The van der Waals surface area contributed by atoms with E-state index in [0.29, 0.717) is 0 Å². The summed E-state index contributed by atoms with van der Waals surface area (Å²) in [6.45, 7) is 0.794. The van der Waals surface area contributed by atoms with Gasteiger partial charge in [-0.1, -0.05) is 0 Å². The molecule has 1 atom stereocenters. The summed E-state index contributed by atoms with van der Waals surface area (Å²) in [5.74, 6) is 0. The van der Waals surface area contributed by atoms with Crippen molar-refractivity contribution in [1.29, 1.82) is 0 Å². The average Bonchev–Trinajstić information content (AvgIpc) is 2.37. The van der Waals surface area contributed by atoms with Gasteiger partial charge in [-0.2, -0.15) is 0 Å². The molecule has 1 rings (SSSR count). The Labute approximate surface area is 54.6 Å². The van der Waals surface area contributed by atoms with Gasteiger partial charge in [0, 0.05) is 13.7 Å². The predicted molar refractivity (Wildman–Crippen MR) is 32.8 cm³/mol. The first kappa shape index (κ1) is 6.55. The fourth-order valence-corrected chi connectivity index (χ4v) is 0.950. The topological polar surface area (TPSA) is 29.5 Å². The highest BCUT2D eigenvalue weighted by molar-refractivity contribution is 5.46. The molecule has 3 heteroatoms. The van der Waals surface area contributed by atoms with Gasteiger partial charge in [0.2, 0.25) is 6.41 Å². The maximum atomic E-state index is 10.1. The van der Waals surface area contributed by atoms with E-state index < -0.39 is 0 Å². The molecule has 1 saturated heterocycles. The number of carbonyl (C=O) groups excluding carboxylic acids is 1. The minimum absolute atomic E-state index is 0.0440. The second-order valence-corrected chi connectivity index (χ2v) is 2.24. The zero-order chi connectivity index (χ0) is 6.69.